The van der Waals surface area contributed by atoms with Gasteiger partial charge < -0.3 is 15.2 Å². The maximum atomic E-state index is 13.1. The first-order valence-corrected chi connectivity index (χ1v) is 12.6. The molecule has 0 saturated carbocycles. The van der Waals surface area contributed by atoms with E-state index in [4.69, 9.17) is 0 Å². The number of imide groups is 1. The Morgan fingerprint density at radius 2 is 1.89 bits per heavy atom. The third-order valence-corrected chi connectivity index (χ3v) is 7.66. The van der Waals surface area contributed by atoms with E-state index in [-0.39, 0.29) is 11.8 Å². The Labute approximate surface area is 207 Å². The van der Waals surface area contributed by atoms with Gasteiger partial charge in [-0.3, -0.25) is 14.9 Å². The van der Waals surface area contributed by atoms with Crippen LogP contribution in [0.3, 0.4) is 0 Å². The number of nitrogens with zero attached hydrogens (tertiary/aromatic N) is 3. The molecule has 1 atom stereocenters. The van der Waals surface area contributed by atoms with Crippen LogP contribution in [0.1, 0.15) is 42.4 Å². The second-order valence-corrected chi connectivity index (χ2v) is 9.98. The SMILES string of the molecule is C[C@@]1(CSc2ccccc2C(=O)Nc2ccc(-c3nnc4n3CCCCC4)cc2)NC(=O)NC1=O. The molecule has 180 valence electrons. The normalized spacial score (nSPS) is 19.5. The summed E-state index contributed by atoms with van der Waals surface area (Å²) in [6, 6.07) is 14.3. The minimum absolute atomic E-state index is 0.248. The Kier molecular flexibility index (Phi) is 6.29. The molecule has 0 spiro atoms. The number of benzene rings is 2. The number of hydrogen-bond acceptors (Lipinski definition) is 6. The van der Waals surface area contributed by atoms with E-state index in [1.807, 2.05) is 36.4 Å². The van der Waals surface area contributed by atoms with Crippen LogP contribution in [0.25, 0.3) is 11.4 Å². The Morgan fingerprint density at radius 3 is 2.66 bits per heavy atom. The highest BCUT2D eigenvalue weighted by atomic mass is 32.2. The molecule has 3 aromatic rings. The van der Waals surface area contributed by atoms with Crippen LogP contribution in [-0.2, 0) is 17.8 Å². The first kappa shape index (κ1) is 23.1. The number of carbonyl (C=O) groups is 3. The van der Waals surface area contributed by atoms with Crippen molar-refractivity contribution in [3.05, 3.63) is 59.9 Å². The lowest BCUT2D eigenvalue weighted by Crippen LogP contribution is -2.46. The van der Waals surface area contributed by atoms with Gasteiger partial charge in [-0.15, -0.1) is 22.0 Å². The van der Waals surface area contributed by atoms with E-state index >= 15 is 0 Å². The lowest BCUT2D eigenvalue weighted by molar-refractivity contribution is -0.122. The molecule has 4 amide bonds. The average Bonchev–Trinajstić information content (AvgIpc) is 3.26. The number of aryl methyl sites for hydroxylation is 1. The zero-order valence-electron chi connectivity index (χ0n) is 19.3. The Balaban J connectivity index is 1.28. The Hall–Kier alpha value is -3.66. The summed E-state index contributed by atoms with van der Waals surface area (Å²) in [5.74, 6) is 1.57. The van der Waals surface area contributed by atoms with Gasteiger partial charge in [-0.05, 0) is 56.2 Å². The van der Waals surface area contributed by atoms with Gasteiger partial charge in [0.25, 0.3) is 11.8 Å². The number of fused-ring (bicyclic) bond motifs is 1. The molecular weight excluding hydrogens is 464 g/mol. The topological polar surface area (TPSA) is 118 Å². The molecule has 1 saturated heterocycles. The van der Waals surface area contributed by atoms with Crippen LogP contribution in [0, 0.1) is 0 Å². The highest BCUT2D eigenvalue weighted by molar-refractivity contribution is 7.99. The zero-order valence-corrected chi connectivity index (χ0v) is 20.2. The van der Waals surface area contributed by atoms with Gasteiger partial charge in [0.2, 0.25) is 0 Å². The average molecular weight is 491 g/mol. The summed E-state index contributed by atoms with van der Waals surface area (Å²) in [7, 11) is 0. The Morgan fingerprint density at radius 1 is 1.09 bits per heavy atom. The van der Waals surface area contributed by atoms with E-state index in [2.05, 4.69) is 30.7 Å². The maximum absolute atomic E-state index is 13.1. The van der Waals surface area contributed by atoms with E-state index in [0.29, 0.717) is 17.0 Å². The summed E-state index contributed by atoms with van der Waals surface area (Å²) in [5, 5.41) is 16.6. The van der Waals surface area contributed by atoms with Crippen molar-refractivity contribution in [1.82, 2.24) is 25.4 Å². The molecule has 5 rings (SSSR count). The molecule has 0 unspecified atom stereocenters. The van der Waals surface area contributed by atoms with E-state index < -0.39 is 11.6 Å². The van der Waals surface area contributed by atoms with E-state index in [9.17, 15) is 14.4 Å². The van der Waals surface area contributed by atoms with Crippen LogP contribution in [0.15, 0.2) is 53.4 Å². The molecule has 2 aliphatic rings. The van der Waals surface area contributed by atoms with Crippen LogP contribution in [-0.4, -0.2) is 43.9 Å². The van der Waals surface area contributed by atoms with Crippen molar-refractivity contribution in [2.45, 2.75) is 49.6 Å². The van der Waals surface area contributed by atoms with Gasteiger partial charge >= 0.3 is 6.03 Å². The summed E-state index contributed by atoms with van der Waals surface area (Å²) < 4.78 is 2.20. The maximum Gasteiger partial charge on any atom is 0.322 e. The van der Waals surface area contributed by atoms with Gasteiger partial charge in [-0.1, -0.05) is 18.6 Å². The number of nitrogens with one attached hydrogen (secondary N) is 3. The molecule has 9 nitrogen and oxygen atoms in total. The molecular formula is C25H26N6O3S. The molecule has 1 aromatic heterocycles. The number of thioether (sulfide) groups is 1. The number of urea groups is 1. The fourth-order valence-electron chi connectivity index (χ4n) is 4.28. The minimum atomic E-state index is -1.03. The van der Waals surface area contributed by atoms with Gasteiger partial charge in [-0.25, -0.2) is 4.79 Å². The summed E-state index contributed by atoms with van der Waals surface area (Å²) in [5.41, 5.74) is 1.10. The third kappa shape index (κ3) is 4.79. The third-order valence-electron chi connectivity index (χ3n) is 6.28. The fourth-order valence-corrected chi connectivity index (χ4v) is 5.42. The van der Waals surface area contributed by atoms with Crippen molar-refractivity contribution in [1.29, 1.82) is 0 Å². The Bertz CT molecular complexity index is 1290. The lowest BCUT2D eigenvalue weighted by atomic mass is 10.1. The van der Waals surface area contributed by atoms with E-state index in [1.54, 1.807) is 19.1 Å². The van der Waals surface area contributed by atoms with Crippen molar-refractivity contribution in [3.8, 4) is 11.4 Å². The van der Waals surface area contributed by atoms with E-state index in [1.165, 1.54) is 18.2 Å². The van der Waals surface area contributed by atoms with Crippen molar-refractivity contribution in [2.75, 3.05) is 11.1 Å². The van der Waals surface area contributed by atoms with Gasteiger partial charge in [0.1, 0.15) is 11.4 Å². The number of rotatable bonds is 6. The van der Waals surface area contributed by atoms with Gasteiger partial charge in [0, 0.05) is 34.9 Å². The van der Waals surface area contributed by atoms with Crippen molar-refractivity contribution in [2.24, 2.45) is 0 Å². The highest BCUT2D eigenvalue weighted by Gasteiger charge is 2.41. The van der Waals surface area contributed by atoms with Crippen LogP contribution in [0.5, 0.6) is 0 Å². The molecule has 3 heterocycles. The minimum Gasteiger partial charge on any atom is -0.323 e. The number of anilines is 1. The second kappa shape index (κ2) is 9.53. The summed E-state index contributed by atoms with van der Waals surface area (Å²) in [6.45, 7) is 2.59. The molecule has 0 aliphatic carbocycles. The number of hydrogen-bond donors (Lipinski definition) is 3. The standard InChI is InChI=1S/C25H26N6O3S/c1-25(23(33)27-24(34)28-25)15-35-19-8-5-4-7-18(19)22(32)26-17-12-10-16(11-13-17)21-30-29-20-9-3-2-6-14-31(20)21/h4-5,7-8,10-13H,2-3,6,9,14-15H2,1H3,(H,26,32)(H2,27,28,33,34)/t25-/m0/s1. The first-order valence-electron chi connectivity index (χ1n) is 11.6. The predicted molar refractivity (Wildman–Crippen MR) is 133 cm³/mol. The second-order valence-electron chi connectivity index (χ2n) is 8.96. The van der Waals surface area contributed by atoms with Gasteiger partial charge in [-0.2, -0.15) is 0 Å². The van der Waals surface area contributed by atoms with Crippen molar-refractivity contribution < 1.29 is 14.4 Å². The number of carbonyl (C=O) groups excluding carboxylic acids is 3. The quantitative estimate of drug-likeness (QED) is 0.359. The first-order chi connectivity index (χ1) is 16.9. The molecule has 35 heavy (non-hydrogen) atoms. The largest absolute Gasteiger partial charge is 0.323 e. The molecule has 2 aromatic carbocycles. The predicted octanol–water partition coefficient (Wildman–Crippen LogP) is 3.61. The number of aromatic nitrogens is 3. The monoisotopic (exact) mass is 490 g/mol. The summed E-state index contributed by atoms with van der Waals surface area (Å²) in [6.07, 6.45) is 4.42. The molecule has 1 fully saturated rings. The van der Waals surface area contributed by atoms with Crippen LogP contribution in [0.4, 0.5) is 10.5 Å². The zero-order chi connectivity index (χ0) is 24.4. The fraction of sp³-hybridized carbons (Fsp3) is 0.320. The molecule has 0 radical (unpaired) electrons. The molecule has 10 heteroatoms. The highest BCUT2D eigenvalue weighted by Crippen LogP contribution is 2.29. The molecule has 0 bridgehead atoms. The molecule has 3 N–H and O–H groups in total. The van der Waals surface area contributed by atoms with Gasteiger partial charge in [0.15, 0.2) is 5.82 Å². The number of amides is 4. The van der Waals surface area contributed by atoms with Crippen LogP contribution < -0.4 is 16.0 Å². The van der Waals surface area contributed by atoms with Gasteiger partial charge in [0.05, 0.1) is 5.56 Å². The van der Waals surface area contributed by atoms with E-state index in [0.717, 1.165) is 47.9 Å². The summed E-state index contributed by atoms with van der Waals surface area (Å²) in [4.78, 5) is 37.4. The van der Waals surface area contributed by atoms with Crippen molar-refractivity contribution in [3.63, 3.8) is 0 Å². The molecule has 2 aliphatic heterocycles. The van der Waals surface area contributed by atoms with Crippen molar-refractivity contribution >= 4 is 35.3 Å². The lowest BCUT2D eigenvalue weighted by Gasteiger charge is -2.20. The summed E-state index contributed by atoms with van der Waals surface area (Å²) >= 11 is 1.35. The smallest absolute Gasteiger partial charge is 0.322 e. The van der Waals surface area contributed by atoms with Crippen LogP contribution in [0.2, 0.25) is 0 Å². The van der Waals surface area contributed by atoms with Crippen LogP contribution >= 0.6 is 11.8 Å².